The van der Waals surface area contributed by atoms with Gasteiger partial charge in [-0.25, -0.2) is 0 Å². The molecule has 2 aliphatic heterocycles. The molecular formula is C20H29N3O2. The van der Waals surface area contributed by atoms with E-state index in [1.165, 1.54) is 12.8 Å². The number of amides is 1. The number of nitrogens with one attached hydrogen (secondary N) is 1. The van der Waals surface area contributed by atoms with Gasteiger partial charge in [-0.2, -0.15) is 0 Å². The molecule has 1 unspecified atom stereocenters. The Morgan fingerprint density at radius 1 is 1.20 bits per heavy atom. The van der Waals surface area contributed by atoms with Crippen molar-refractivity contribution in [2.75, 3.05) is 50.8 Å². The van der Waals surface area contributed by atoms with Crippen LogP contribution in [0.25, 0.3) is 0 Å². The quantitative estimate of drug-likeness (QED) is 0.910. The van der Waals surface area contributed by atoms with Crippen LogP contribution in [-0.2, 0) is 4.79 Å². The fourth-order valence-electron chi connectivity index (χ4n) is 4.56. The number of piperidine rings is 1. The molecule has 1 atom stereocenters. The first-order chi connectivity index (χ1) is 12.2. The summed E-state index contributed by atoms with van der Waals surface area (Å²) in [5, 5.41) is 3.42. The van der Waals surface area contributed by atoms with E-state index < -0.39 is 0 Å². The number of ether oxygens (including phenoxy) is 1. The zero-order valence-corrected chi connectivity index (χ0v) is 15.2. The Labute approximate surface area is 150 Å². The number of anilines is 1. The van der Waals surface area contributed by atoms with Crippen LogP contribution in [-0.4, -0.2) is 56.7 Å². The van der Waals surface area contributed by atoms with Gasteiger partial charge in [0.2, 0.25) is 5.91 Å². The minimum absolute atomic E-state index is 0.289. The summed E-state index contributed by atoms with van der Waals surface area (Å²) < 4.78 is 5.76. The second kappa shape index (κ2) is 6.87. The molecule has 1 N–H and O–H groups in total. The number of rotatable bonds is 4. The van der Waals surface area contributed by atoms with Gasteiger partial charge in [-0.1, -0.05) is 12.1 Å². The second-order valence-electron chi connectivity index (χ2n) is 7.58. The fourth-order valence-corrected chi connectivity index (χ4v) is 4.56. The molecule has 3 aliphatic rings. The number of nitrogens with zero attached hydrogens (tertiary/aromatic N) is 2. The average molecular weight is 343 g/mol. The van der Waals surface area contributed by atoms with Crippen molar-refractivity contribution in [3.8, 4) is 5.75 Å². The van der Waals surface area contributed by atoms with Gasteiger partial charge in [0.1, 0.15) is 5.75 Å². The van der Waals surface area contributed by atoms with Gasteiger partial charge in [0.05, 0.1) is 12.3 Å². The molecule has 1 spiro atoms. The van der Waals surface area contributed by atoms with E-state index in [2.05, 4.69) is 27.2 Å². The van der Waals surface area contributed by atoms with E-state index in [4.69, 9.17) is 4.74 Å². The number of benzene rings is 1. The molecule has 1 amide bonds. The van der Waals surface area contributed by atoms with E-state index in [1.807, 2.05) is 19.1 Å². The van der Waals surface area contributed by atoms with Crippen molar-refractivity contribution in [2.45, 2.75) is 26.2 Å². The van der Waals surface area contributed by atoms with Gasteiger partial charge in [0.25, 0.3) is 0 Å². The summed E-state index contributed by atoms with van der Waals surface area (Å²) in [6.45, 7) is 8.26. The first-order valence-corrected chi connectivity index (χ1v) is 9.70. The fraction of sp³-hybridized carbons (Fsp3) is 0.650. The summed E-state index contributed by atoms with van der Waals surface area (Å²) in [4.78, 5) is 17.4. The zero-order chi connectivity index (χ0) is 17.3. The van der Waals surface area contributed by atoms with Gasteiger partial charge >= 0.3 is 0 Å². The minimum Gasteiger partial charge on any atom is -0.492 e. The van der Waals surface area contributed by atoms with Crippen LogP contribution >= 0.6 is 0 Å². The first-order valence-electron chi connectivity index (χ1n) is 9.70. The van der Waals surface area contributed by atoms with Crippen molar-refractivity contribution in [3.05, 3.63) is 24.3 Å². The van der Waals surface area contributed by atoms with E-state index >= 15 is 0 Å². The number of carbonyl (C=O) groups excluding carboxylic acids is 1. The number of hydrogen-bond acceptors (Lipinski definition) is 4. The predicted octanol–water partition coefficient (Wildman–Crippen LogP) is 2.12. The largest absolute Gasteiger partial charge is 0.492 e. The summed E-state index contributed by atoms with van der Waals surface area (Å²) in [5.74, 6) is 1.64. The monoisotopic (exact) mass is 343 g/mol. The van der Waals surface area contributed by atoms with Crippen molar-refractivity contribution < 1.29 is 9.53 Å². The summed E-state index contributed by atoms with van der Waals surface area (Å²) in [6, 6.07) is 8.22. The lowest BCUT2D eigenvalue weighted by molar-refractivity contribution is -0.133. The van der Waals surface area contributed by atoms with E-state index in [0.717, 1.165) is 57.1 Å². The molecule has 3 fully saturated rings. The molecule has 1 aliphatic carbocycles. The summed E-state index contributed by atoms with van der Waals surface area (Å²) in [7, 11) is 0. The van der Waals surface area contributed by atoms with Gasteiger partial charge in [0, 0.05) is 32.1 Å². The van der Waals surface area contributed by atoms with Gasteiger partial charge in [-0.3, -0.25) is 4.79 Å². The molecule has 4 rings (SSSR count). The van der Waals surface area contributed by atoms with Crippen molar-refractivity contribution >= 4 is 11.6 Å². The van der Waals surface area contributed by atoms with E-state index in [9.17, 15) is 4.79 Å². The molecule has 2 heterocycles. The predicted molar refractivity (Wildman–Crippen MR) is 99.0 cm³/mol. The number of piperazine rings is 1. The molecule has 0 bridgehead atoms. The highest BCUT2D eigenvalue weighted by Crippen LogP contribution is 2.59. The highest BCUT2D eigenvalue weighted by molar-refractivity contribution is 5.83. The van der Waals surface area contributed by atoms with Crippen LogP contribution in [0.2, 0.25) is 0 Å². The molecule has 5 heteroatoms. The molecule has 2 saturated heterocycles. The molecule has 5 nitrogen and oxygen atoms in total. The Balaban J connectivity index is 1.35. The number of hydrogen-bond donors (Lipinski definition) is 1. The maximum absolute atomic E-state index is 12.9. The third-order valence-corrected chi connectivity index (χ3v) is 6.18. The number of carbonyl (C=O) groups is 1. The molecule has 1 saturated carbocycles. The van der Waals surface area contributed by atoms with Crippen LogP contribution in [0.1, 0.15) is 26.2 Å². The highest BCUT2D eigenvalue weighted by atomic mass is 16.5. The van der Waals surface area contributed by atoms with Gasteiger partial charge in [0.15, 0.2) is 0 Å². The molecule has 1 aromatic carbocycles. The van der Waals surface area contributed by atoms with Crippen LogP contribution in [0.15, 0.2) is 24.3 Å². The zero-order valence-electron chi connectivity index (χ0n) is 15.2. The SMILES string of the molecule is CCOc1ccccc1N1CCN(C(=O)C2CC23CCNCC3)CC1. The minimum atomic E-state index is 0.289. The number of para-hydroxylation sites is 2. The first kappa shape index (κ1) is 16.7. The van der Waals surface area contributed by atoms with Crippen molar-refractivity contribution in [3.63, 3.8) is 0 Å². The Kier molecular flexibility index (Phi) is 4.59. The lowest BCUT2D eigenvalue weighted by atomic mass is 9.91. The second-order valence-corrected chi connectivity index (χ2v) is 7.58. The molecule has 0 radical (unpaired) electrons. The molecule has 25 heavy (non-hydrogen) atoms. The molecular weight excluding hydrogens is 314 g/mol. The summed E-state index contributed by atoms with van der Waals surface area (Å²) in [6.07, 6.45) is 3.46. The average Bonchev–Trinajstić information content (AvgIpc) is 3.35. The van der Waals surface area contributed by atoms with E-state index in [1.54, 1.807) is 0 Å². The van der Waals surface area contributed by atoms with Crippen molar-refractivity contribution in [1.29, 1.82) is 0 Å². The smallest absolute Gasteiger partial charge is 0.226 e. The lowest BCUT2D eigenvalue weighted by Gasteiger charge is -2.37. The third kappa shape index (κ3) is 3.22. The summed E-state index contributed by atoms with van der Waals surface area (Å²) in [5.41, 5.74) is 1.49. The van der Waals surface area contributed by atoms with E-state index in [-0.39, 0.29) is 5.92 Å². The maximum Gasteiger partial charge on any atom is 0.226 e. The molecule has 1 aromatic rings. The molecule has 136 valence electrons. The van der Waals surface area contributed by atoms with Crippen LogP contribution in [0.5, 0.6) is 5.75 Å². The molecule has 0 aromatic heterocycles. The van der Waals surface area contributed by atoms with Crippen molar-refractivity contribution in [2.24, 2.45) is 11.3 Å². The normalized spacial score (nSPS) is 25.1. The van der Waals surface area contributed by atoms with Gasteiger partial charge in [-0.05, 0) is 56.8 Å². The Morgan fingerprint density at radius 3 is 2.64 bits per heavy atom. The van der Waals surface area contributed by atoms with E-state index in [0.29, 0.717) is 17.9 Å². The standard InChI is InChI=1S/C20H29N3O2/c1-2-25-18-6-4-3-5-17(18)22-11-13-23(14-12-22)19(24)16-15-20(16)7-9-21-10-8-20/h3-6,16,21H,2,7-15H2,1H3. The lowest BCUT2D eigenvalue weighted by Crippen LogP contribution is -2.50. The maximum atomic E-state index is 12.9. The Hall–Kier alpha value is -1.75. The Bertz CT molecular complexity index is 619. The topological polar surface area (TPSA) is 44.8 Å². The summed E-state index contributed by atoms with van der Waals surface area (Å²) >= 11 is 0. The van der Waals surface area contributed by atoms with Crippen LogP contribution in [0.3, 0.4) is 0 Å². The van der Waals surface area contributed by atoms with Gasteiger partial charge in [-0.15, -0.1) is 0 Å². The third-order valence-electron chi connectivity index (χ3n) is 6.18. The Morgan fingerprint density at radius 2 is 1.92 bits per heavy atom. The van der Waals surface area contributed by atoms with Crippen molar-refractivity contribution in [1.82, 2.24) is 10.2 Å². The van der Waals surface area contributed by atoms with Crippen LogP contribution < -0.4 is 15.0 Å². The van der Waals surface area contributed by atoms with Crippen LogP contribution in [0.4, 0.5) is 5.69 Å². The van der Waals surface area contributed by atoms with Crippen LogP contribution in [0, 0.1) is 11.3 Å². The highest BCUT2D eigenvalue weighted by Gasteiger charge is 2.58. The van der Waals surface area contributed by atoms with Gasteiger partial charge < -0.3 is 19.9 Å².